The molecular formula is C21H22N2O. The molecule has 122 valence electrons. The number of hydrogen-bond acceptors (Lipinski definition) is 3. The van der Waals surface area contributed by atoms with Gasteiger partial charge < -0.3 is 4.90 Å². The van der Waals surface area contributed by atoms with Gasteiger partial charge in [-0.1, -0.05) is 5.92 Å². The van der Waals surface area contributed by atoms with E-state index >= 15 is 0 Å². The van der Waals surface area contributed by atoms with E-state index in [2.05, 4.69) is 21.9 Å². The summed E-state index contributed by atoms with van der Waals surface area (Å²) in [4.78, 5) is 19.5. The number of aromatic nitrogens is 1. The molecule has 0 atom stereocenters. The first-order valence-electron chi connectivity index (χ1n) is 9.17. The van der Waals surface area contributed by atoms with Crippen molar-refractivity contribution in [1.82, 2.24) is 9.88 Å². The summed E-state index contributed by atoms with van der Waals surface area (Å²) in [5.74, 6) is 3.40. The fraction of sp³-hybridized carbons (Fsp3) is 0.524. The Morgan fingerprint density at radius 1 is 1.21 bits per heavy atom. The van der Waals surface area contributed by atoms with Gasteiger partial charge in [0, 0.05) is 42.9 Å². The number of fused-ring (bicyclic) bond motifs is 1. The Morgan fingerprint density at radius 2 is 1.96 bits per heavy atom. The summed E-state index contributed by atoms with van der Waals surface area (Å²) in [6, 6.07) is 2.22. The maximum Gasteiger partial charge on any atom is 0.177 e. The summed E-state index contributed by atoms with van der Waals surface area (Å²) in [5.41, 5.74) is 5.61. The highest BCUT2D eigenvalue weighted by Gasteiger charge is 2.45. The van der Waals surface area contributed by atoms with Crippen molar-refractivity contribution in [2.24, 2.45) is 5.41 Å². The number of likely N-dealkylation sites (tertiary alicyclic amines) is 1. The van der Waals surface area contributed by atoms with Crippen LogP contribution in [-0.2, 0) is 11.2 Å². The van der Waals surface area contributed by atoms with E-state index in [-0.39, 0.29) is 5.78 Å². The molecule has 5 rings (SSSR count). The summed E-state index contributed by atoms with van der Waals surface area (Å²) in [7, 11) is 0. The third-order valence-electron chi connectivity index (χ3n) is 6.37. The van der Waals surface area contributed by atoms with E-state index in [0.717, 1.165) is 24.4 Å². The van der Waals surface area contributed by atoms with Gasteiger partial charge in [0.05, 0.1) is 11.3 Å². The maximum atomic E-state index is 12.6. The van der Waals surface area contributed by atoms with E-state index in [4.69, 9.17) is 6.42 Å². The zero-order valence-corrected chi connectivity index (χ0v) is 14.0. The molecule has 0 radical (unpaired) electrons. The van der Waals surface area contributed by atoms with Crippen molar-refractivity contribution in [2.75, 3.05) is 13.1 Å². The fourth-order valence-corrected chi connectivity index (χ4v) is 4.35. The molecule has 3 heteroatoms. The number of terminal acetylenes is 1. The van der Waals surface area contributed by atoms with E-state index in [1.807, 2.05) is 6.20 Å². The van der Waals surface area contributed by atoms with Crippen LogP contribution in [0.2, 0.25) is 0 Å². The number of Topliss-reactive ketones (excluding diaryl/α,β-unsaturated/α-hetero) is 1. The molecule has 0 N–H and O–H groups in total. The highest BCUT2D eigenvalue weighted by molar-refractivity contribution is 6.10. The second-order valence-electron chi connectivity index (χ2n) is 8.00. The van der Waals surface area contributed by atoms with Crippen LogP contribution in [0.4, 0.5) is 0 Å². The van der Waals surface area contributed by atoms with Gasteiger partial charge in [0.25, 0.3) is 0 Å². The van der Waals surface area contributed by atoms with E-state index < -0.39 is 0 Å². The number of carbonyl (C=O) groups is 1. The predicted octanol–water partition coefficient (Wildman–Crippen LogP) is 3.30. The first-order chi connectivity index (χ1) is 11.7. The molecule has 3 aliphatic carbocycles. The number of nitrogens with zero attached hydrogens (tertiary/aromatic N) is 2. The molecule has 1 aromatic heterocycles. The van der Waals surface area contributed by atoms with Crippen molar-refractivity contribution in [2.45, 2.75) is 50.9 Å². The lowest BCUT2D eigenvalue weighted by Gasteiger charge is -2.38. The summed E-state index contributed by atoms with van der Waals surface area (Å²) < 4.78 is 0. The van der Waals surface area contributed by atoms with Gasteiger partial charge in [-0.05, 0) is 55.6 Å². The first-order valence-corrected chi connectivity index (χ1v) is 9.17. The number of piperidine rings is 1. The molecule has 4 aliphatic rings. The number of carbonyl (C=O) groups excluding carboxylic acids is 1. The molecule has 0 aromatic carbocycles. The lowest BCUT2D eigenvalue weighted by atomic mass is 9.86. The van der Waals surface area contributed by atoms with E-state index in [1.54, 1.807) is 0 Å². The Kier molecular flexibility index (Phi) is 2.95. The van der Waals surface area contributed by atoms with Crippen LogP contribution in [0.3, 0.4) is 0 Å². The minimum Gasteiger partial charge on any atom is -0.370 e. The van der Waals surface area contributed by atoms with Gasteiger partial charge in [-0.3, -0.25) is 9.78 Å². The molecule has 1 spiro atoms. The van der Waals surface area contributed by atoms with Crippen molar-refractivity contribution in [3.63, 3.8) is 0 Å². The number of ketones is 1. The first kappa shape index (κ1) is 14.3. The van der Waals surface area contributed by atoms with Crippen LogP contribution in [0.1, 0.15) is 61.3 Å². The number of rotatable bonds is 2. The number of pyridine rings is 1. The number of allylic oxidation sites excluding steroid dienone is 1. The van der Waals surface area contributed by atoms with E-state index in [0.29, 0.717) is 23.3 Å². The Bertz CT molecular complexity index is 796. The minimum atomic E-state index is 0.0766. The van der Waals surface area contributed by atoms with E-state index in [1.165, 1.54) is 49.8 Å². The molecule has 1 saturated heterocycles. The Hall–Kier alpha value is -2.08. The molecular weight excluding hydrogens is 296 g/mol. The molecule has 3 nitrogen and oxygen atoms in total. The van der Waals surface area contributed by atoms with Gasteiger partial charge in [-0.15, -0.1) is 6.42 Å². The van der Waals surface area contributed by atoms with Crippen LogP contribution in [0.25, 0.3) is 5.70 Å². The van der Waals surface area contributed by atoms with Crippen LogP contribution >= 0.6 is 0 Å². The lowest BCUT2D eigenvalue weighted by molar-refractivity contribution is -0.114. The largest absolute Gasteiger partial charge is 0.370 e. The second kappa shape index (κ2) is 4.96. The zero-order valence-electron chi connectivity index (χ0n) is 14.0. The Labute approximate surface area is 143 Å². The quantitative estimate of drug-likeness (QED) is 0.785. The van der Waals surface area contributed by atoms with Crippen molar-refractivity contribution < 1.29 is 4.79 Å². The van der Waals surface area contributed by atoms with Crippen molar-refractivity contribution in [3.05, 3.63) is 34.7 Å². The average molecular weight is 318 g/mol. The van der Waals surface area contributed by atoms with Gasteiger partial charge in [-0.2, -0.15) is 0 Å². The van der Waals surface area contributed by atoms with Crippen LogP contribution in [0.5, 0.6) is 0 Å². The van der Waals surface area contributed by atoms with Crippen LogP contribution in [0, 0.1) is 17.8 Å². The highest BCUT2D eigenvalue weighted by Crippen LogP contribution is 2.54. The molecule has 1 aliphatic heterocycles. The molecule has 2 heterocycles. The third kappa shape index (κ3) is 2.20. The fourth-order valence-electron chi connectivity index (χ4n) is 4.35. The molecule has 3 fully saturated rings. The Balaban J connectivity index is 1.58. The van der Waals surface area contributed by atoms with Gasteiger partial charge in [0.15, 0.2) is 5.78 Å². The third-order valence-corrected chi connectivity index (χ3v) is 6.37. The second-order valence-corrected chi connectivity index (χ2v) is 8.00. The smallest absolute Gasteiger partial charge is 0.177 e. The maximum absolute atomic E-state index is 12.6. The molecule has 2 saturated carbocycles. The minimum absolute atomic E-state index is 0.0766. The van der Waals surface area contributed by atoms with Gasteiger partial charge in [0.1, 0.15) is 0 Å². The standard InChI is InChI=1S/C21H22N2O/c1-2-16-19(24)11-15-13-22-18(14-3-4-14)12-17(15)20(16)23-9-7-21(5-6-21)8-10-23/h1,12-14H,3-11H2. The normalized spacial score (nSPS) is 24.8. The van der Waals surface area contributed by atoms with Crippen molar-refractivity contribution in [3.8, 4) is 12.3 Å². The molecule has 24 heavy (non-hydrogen) atoms. The summed E-state index contributed by atoms with van der Waals surface area (Å²) in [6.07, 6.45) is 15.8. The van der Waals surface area contributed by atoms with Gasteiger partial charge in [0.2, 0.25) is 0 Å². The monoisotopic (exact) mass is 318 g/mol. The van der Waals surface area contributed by atoms with Gasteiger partial charge in [-0.25, -0.2) is 0 Å². The SMILES string of the molecule is C#CC1=C(N2CCC3(CC2)CC3)c2cc(C3CC3)ncc2CC1=O. The summed E-state index contributed by atoms with van der Waals surface area (Å²) >= 11 is 0. The molecule has 0 bridgehead atoms. The molecule has 1 aromatic rings. The summed E-state index contributed by atoms with van der Waals surface area (Å²) in [6.45, 7) is 2.04. The van der Waals surface area contributed by atoms with E-state index in [9.17, 15) is 4.79 Å². The predicted molar refractivity (Wildman–Crippen MR) is 93.2 cm³/mol. The van der Waals surface area contributed by atoms with Crippen LogP contribution in [0.15, 0.2) is 17.8 Å². The number of hydrogen-bond donors (Lipinski definition) is 0. The lowest BCUT2D eigenvalue weighted by Crippen LogP contribution is -2.36. The summed E-state index contributed by atoms with van der Waals surface area (Å²) in [5, 5.41) is 0. The molecule has 0 amide bonds. The van der Waals surface area contributed by atoms with Gasteiger partial charge >= 0.3 is 0 Å². The topological polar surface area (TPSA) is 33.2 Å². The van der Waals surface area contributed by atoms with Crippen molar-refractivity contribution >= 4 is 11.5 Å². The average Bonchev–Trinajstić information content (AvgIpc) is 3.50. The molecule has 0 unspecified atom stereocenters. The van der Waals surface area contributed by atoms with Crippen LogP contribution < -0.4 is 0 Å². The Morgan fingerprint density at radius 3 is 2.58 bits per heavy atom. The zero-order chi connectivity index (χ0) is 16.3. The highest BCUT2D eigenvalue weighted by atomic mass is 16.1. The van der Waals surface area contributed by atoms with Crippen LogP contribution in [-0.4, -0.2) is 28.8 Å². The van der Waals surface area contributed by atoms with Crippen molar-refractivity contribution in [1.29, 1.82) is 0 Å².